The van der Waals surface area contributed by atoms with E-state index in [1.165, 1.54) is 5.56 Å². The first-order valence-electron chi connectivity index (χ1n) is 5.80. The fraction of sp³-hybridized carbons (Fsp3) is 0.538. The summed E-state index contributed by atoms with van der Waals surface area (Å²) in [5, 5.41) is 0.821. The molecule has 1 heterocycles. The van der Waals surface area contributed by atoms with E-state index < -0.39 is 0 Å². The zero-order valence-corrected chi connectivity index (χ0v) is 11.5. The number of hydrogen-bond acceptors (Lipinski definition) is 3. The Bertz CT molecular complexity index is 362. The van der Waals surface area contributed by atoms with Crippen LogP contribution in [0, 0.1) is 0 Å². The molecule has 1 saturated heterocycles. The van der Waals surface area contributed by atoms with Gasteiger partial charge in [0.1, 0.15) is 6.10 Å². The van der Waals surface area contributed by atoms with E-state index in [2.05, 4.69) is 15.9 Å². The van der Waals surface area contributed by atoms with Crippen LogP contribution in [0.1, 0.15) is 18.4 Å². The van der Waals surface area contributed by atoms with Gasteiger partial charge in [-0.3, -0.25) is 0 Å². The minimum absolute atomic E-state index is 0.239. The minimum atomic E-state index is 0.239. The maximum atomic E-state index is 5.99. The zero-order valence-electron chi connectivity index (χ0n) is 9.95. The fourth-order valence-corrected chi connectivity index (χ4v) is 2.22. The summed E-state index contributed by atoms with van der Waals surface area (Å²) in [5.41, 5.74) is 1.19. The molecule has 0 amide bonds. The molecule has 1 fully saturated rings. The first-order valence-corrected chi connectivity index (χ1v) is 6.93. The van der Waals surface area contributed by atoms with Gasteiger partial charge in [-0.25, -0.2) is 0 Å². The number of rotatable bonds is 4. The van der Waals surface area contributed by atoms with E-state index in [1.54, 1.807) is 7.11 Å². The van der Waals surface area contributed by atoms with Gasteiger partial charge in [0.05, 0.1) is 20.3 Å². The van der Waals surface area contributed by atoms with Gasteiger partial charge in [0.15, 0.2) is 11.5 Å². The molecule has 0 bridgehead atoms. The van der Waals surface area contributed by atoms with E-state index in [9.17, 15) is 0 Å². The average Bonchev–Trinajstić information content (AvgIpc) is 2.40. The average molecular weight is 301 g/mol. The molecule has 0 atom stereocenters. The van der Waals surface area contributed by atoms with Crippen molar-refractivity contribution in [3.63, 3.8) is 0 Å². The second-order valence-electron chi connectivity index (χ2n) is 4.05. The Morgan fingerprint density at radius 1 is 1.29 bits per heavy atom. The molecule has 0 saturated carbocycles. The molecule has 4 heteroatoms. The Hall–Kier alpha value is -0.740. The van der Waals surface area contributed by atoms with Gasteiger partial charge in [0.2, 0.25) is 0 Å². The second kappa shape index (κ2) is 6.26. The van der Waals surface area contributed by atoms with Crippen molar-refractivity contribution >= 4 is 15.9 Å². The largest absolute Gasteiger partial charge is 0.493 e. The predicted molar refractivity (Wildman–Crippen MR) is 70.1 cm³/mol. The molecule has 0 unspecified atom stereocenters. The van der Waals surface area contributed by atoms with Gasteiger partial charge in [0.25, 0.3) is 0 Å². The van der Waals surface area contributed by atoms with Crippen LogP contribution in [0.25, 0.3) is 0 Å². The van der Waals surface area contributed by atoms with Crippen molar-refractivity contribution in [2.45, 2.75) is 24.3 Å². The highest BCUT2D eigenvalue weighted by Crippen LogP contribution is 2.31. The van der Waals surface area contributed by atoms with Crippen LogP contribution in [0.5, 0.6) is 11.5 Å². The minimum Gasteiger partial charge on any atom is -0.493 e. The first kappa shape index (κ1) is 12.7. The Balaban J connectivity index is 2.11. The van der Waals surface area contributed by atoms with Crippen molar-refractivity contribution < 1.29 is 14.2 Å². The van der Waals surface area contributed by atoms with Gasteiger partial charge in [-0.2, -0.15) is 0 Å². The molecule has 1 aromatic rings. The Labute approximate surface area is 110 Å². The summed E-state index contributed by atoms with van der Waals surface area (Å²) < 4.78 is 16.6. The molecule has 1 aromatic carbocycles. The lowest BCUT2D eigenvalue weighted by Crippen LogP contribution is -2.26. The second-order valence-corrected chi connectivity index (χ2v) is 4.61. The molecular weight excluding hydrogens is 284 g/mol. The summed E-state index contributed by atoms with van der Waals surface area (Å²) in [6.45, 7) is 1.57. The third-order valence-corrected chi connectivity index (χ3v) is 3.49. The van der Waals surface area contributed by atoms with Crippen LogP contribution < -0.4 is 9.47 Å². The summed E-state index contributed by atoms with van der Waals surface area (Å²) >= 11 is 3.45. The quantitative estimate of drug-likeness (QED) is 0.800. The highest BCUT2D eigenvalue weighted by molar-refractivity contribution is 9.08. The first-order chi connectivity index (χ1) is 8.33. The lowest BCUT2D eigenvalue weighted by molar-refractivity contribution is 0.0245. The number of halogens is 1. The lowest BCUT2D eigenvalue weighted by atomic mass is 10.1. The monoisotopic (exact) mass is 300 g/mol. The van der Waals surface area contributed by atoms with Crippen LogP contribution in [-0.2, 0) is 10.1 Å². The Morgan fingerprint density at radius 2 is 2.06 bits per heavy atom. The SMILES string of the molecule is COc1ccc(CBr)cc1OC1CCOCC1. The van der Waals surface area contributed by atoms with Crippen LogP contribution in [0.4, 0.5) is 0 Å². The van der Waals surface area contributed by atoms with Crippen LogP contribution in [0.3, 0.4) is 0 Å². The molecule has 1 aliphatic rings. The number of hydrogen-bond donors (Lipinski definition) is 0. The number of benzene rings is 1. The molecule has 0 aromatic heterocycles. The van der Waals surface area contributed by atoms with E-state index >= 15 is 0 Å². The lowest BCUT2D eigenvalue weighted by Gasteiger charge is -2.24. The highest BCUT2D eigenvalue weighted by atomic mass is 79.9. The summed E-state index contributed by atoms with van der Waals surface area (Å²) in [6, 6.07) is 6.01. The molecule has 0 N–H and O–H groups in total. The molecule has 17 heavy (non-hydrogen) atoms. The van der Waals surface area contributed by atoms with Crippen molar-refractivity contribution in [1.82, 2.24) is 0 Å². The third-order valence-electron chi connectivity index (χ3n) is 2.84. The standard InChI is InChI=1S/C13H17BrO3/c1-15-12-3-2-10(9-14)8-13(12)17-11-4-6-16-7-5-11/h2-3,8,11H,4-7,9H2,1H3. The third kappa shape index (κ3) is 3.36. The van der Waals surface area contributed by atoms with Crippen LogP contribution in [-0.4, -0.2) is 26.4 Å². The molecular formula is C13H17BrO3. The summed E-state index contributed by atoms with van der Waals surface area (Å²) in [5.74, 6) is 1.62. The van der Waals surface area contributed by atoms with E-state index in [4.69, 9.17) is 14.2 Å². The van der Waals surface area contributed by atoms with Crippen LogP contribution >= 0.6 is 15.9 Å². The summed E-state index contributed by atoms with van der Waals surface area (Å²) in [4.78, 5) is 0. The molecule has 0 aliphatic carbocycles. The van der Waals surface area contributed by atoms with Crippen molar-refractivity contribution in [3.05, 3.63) is 23.8 Å². The van der Waals surface area contributed by atoms with Crippen molar-refractivity contribution in [2.24, 2.45) is 0 Å². The maximum absolute atomic E-state index is 5.99. The number of methoxy groups -OCH3 is 1. The predicted octanol–water partition coefficient (Wildman–Crippen LogP) is 3.15. The molecule has 3 nitrogen and oxygen atoms in total. The topological polar surface area (TPSA) is 27.7 Å². The van der Waals surface area contributed by atoms with Gasteiger partial charge in [-0.15, -0.1) is 0 Å². The van der Waals surface area contributed by atoms with Gasteiger partial charge >= 0.3 is 0 Å². The summed E-state index contributed by atoms with van der Waals surface area (Å²) in [7, 11) is 1.67. The molecule has 0 spiro atoms. The van der Waals surface area contributed by atoms with Crippen molar-refractivity contribution in [3.8, 4) is 11.5 Å². The molecule has 0 radical (unpaired) electrons. The molecule has 2 rings (SSSR count). The summed E-state index contributed by atoms with van der Waals surface area (Å²) in [6.07, 6.45) is 2.13. The molecule has 94 valence electrons. The van der Waals surface area contributed by atoms with E-state index in [1.807, 2.05) is 18.2 Å². The Morgan fingerprint density at radius 3 is 2.71 bits per heavy atom. The number of ether oxygens (including phenoxy) is 3. The van der Waals surface area contributed by atoms with Gasteiger partial charge in [0, 0.05) is 18.2 Å². The number of alkyl halides is 1. The van der Waals surface area contributed by atoms with E-state index in [0.29, 0.717) is 0 Å². The Kier molecular flexibility index (Phi) is 4.68. The van der Waals surface area contributed by atoms with E-state index in [-0.39, 0.29) is 6.10 Å². The highest BCUT2D eigenvalue weighted by Gasteiger charge is 2.17. The van der Waals surface area contributed by atoms with Crippen molar-refractivity contribution in [1.29, 1.82) is 0 Å². The van der Waals surface area contributed by atoms with Crippen LogP contribution in [0.15, 0.2) is 18.2 Å². The maximum Gasteiger partial charge on any atom is 0.161 e. The van der Waals surface area contributed by atoms with Crippen LogP contribution in [0.2, 0.25) is 0 Å². The van der Waals surface area contributed by atoms with Crippen molar-refractivity contribution in [2.75, 3.05) is 20.3 Å². The van der Waals surface area contributed by atoms with Gasteiger partial charge in [-0.1, -0.05) is 22.0 Å². The van der Waals surface area contributed by atoms with Gasteiger partial charge in [-0.05, 0) is 17.7 Å². The normalized spacial score (nSPS) is 16.8. The zero-order chi connectivity index (χ0) is 12.1. The van der Waals surface area contributed by atoms with Gasteiger partial charge < -0.3 is 14.2 Å². The molecule has 1 aliphatic heterocycles. The smallest absolute Gasteiger partial charge is 0.161 e. The fourth-order valence-electron chi connectivity index (χ4n) is 1.87. The van der Waals surface area contributed by atoms with E-state index in [0.717, 1.165) is 42.9 Å².